The molecule has 0 saturated carbocycles. The van der Waals surface area contributed by atoms with E-state index in [9.17, 15) is 4.39 Å². The summed E-state index contributed by atoms with van der Waals surface area (Å²) in [4.78, 5) is 3.52. The Labute approximate surface area is 154 Å². The summed E-state index contributed by atoms with van der Waals surface area (Å²) in [5.41, 5.74) is 3.10. The summed E-state index contributed by atoms with van der Waals surface area (Å²) in [6.07, 6.45) is 2.06. The Kier molecular flexibility index (Phi) is 6.00. The molecular formula is C20H25FN3S+. The highest BCUT2D eigenvalue weighted by molar-refractivity contribution is 7.80. The van der Waals surface area contributed by atoms with Crippen molar-refractivity contribution in [3.05, 3.63) is 65.5 Å². The van der Waals surface area contributed by atoms with Gasteiger partial charge in [0.25, 0.3) is 0 Å². The fourth-order valence-corrected chi connectivity index (χ4v) is 3.52. The van der Waals surface area contributed by atoms with Crippen LogP contribution in [-0.4, -0.2) is 29.8 Å². The summed E-state index contributed by atoms with van der Waals surface area (Å²) in [6, 6.07) is 15.4. The van der Waals surface area contributed by atoms with Crippen molar-refractivity contribution in [1.82, 2.24) is 4.90 Å². The average Bonchev–Trinajstić information content (AvgIpc) is 2.64. The molecule has 2 aromatic rings. The lowest BCUT2D eigenvalue weighted by atomic mass is 10.1. The average molecular weight is 359 g/mol. The second-order valence-electron chi connectivity index (χ2n) is 6.53. The van der Waals surface area contributed by atoms with Crippen molar-refractivity contribution in [2.75, 3.05) is 25.1 Å². The normalized spacial score (nSPS) is 17.4. The maximum atomic E-state index is 13.9. The minimum Gasteiger partial charge on any atom is -0.332 e. The zero-order valence-electron chi connectivity index (χ0n) is 14.6. The summed E-state index contributed by atoms with van der Waals surface area (Å²) >= 11 is 5.61. The predicted octanol–water partition coefficient (Wildman–Crippen LogP) is 2.83. The van der Waals surface area contributed by atoms with Crippen LogP contribution in [0.2, 0.25) is 0 Å². The SMILES string of the molecule is CCc1cccc(NC(=S)N2CCC[NH+](Cc3ccccc3F)C2)c1. The lowest BCUT2D eigenvalue weighted by Crippen LogP contribution is -3.13. The molecule has 1 aliphatic rings. The number of quaternary nitrogens is 1. The first-order chi connectivity index (χ1) is 12.2. The third-order valence-electron chi connectivity index (χ3n) is 4.64. The number of rotatable bonds is 4. The van der Waals surface area contributed by atoms with Crippen molar-refractivity contribution >= 4 is 23.0 Å². The number of hydrogen-bond donors (Lipinski definition) is 2. The largest absolute Gasteiger partial charge is 0.332 e. The second kappa shape index (κ2) is 8.41. The van der Waals surface area contributed by atoms with Crippen LogP contribution in [0.5, 0.6) is 0 Å². The van der Waals surface area contributed by atoms with Crippen molar-refractivity contribution in [1.29, 1.82) is 0 Å². The highest BCUT2D eigenvalue weighted by Crippen LogP contribution is 2.12. The van der Waals surface area contributed by atoms with Gasteiger partial charge in [-0.1, -0.05) is 37.3 Å². The monoisotopic (exact) mass is 358 g/mol. The zero-order valence-corrected chi connectivity index (χ0v) is 15.4. The van der Waals surface area contributed by atoms with Gasteiger partial charge in [0.1, 0.15) is 12.4 Å². The Bertz CT molecular complexity index is 734. The molecule has 132 valence electrons. The molecule has 0 aliphatic carbocycles. The van der Waals surface area contributed by atoms with Gasteiger partial charge >= 0.3 is 0 Å². The van der Waals surface area contributed by atoms with Crippen LogP contribution < -0.4 is 10.2 Å². The van der Waals surface area contributed by atoms with Crippen LogP contribution in [0.4, 0.5) is 10.1 Å². The molecule has 1 fully saturated rings. The molecule has 1 atom stereocenters. The fourth-order valence-electron chi connectivity index (χ4n) is 3.25. The van der Waals surface area contributed by atoms with E-state index < -0.39 is 0 Å². The van der Waals surface area contributed by atoms with Gasteiger partial charge in [-0.05, 0) is 42.4 Å². The Morgan fingerprint density at radius 1 is 1.24 bits per heavy atom. The number of benzene rings is 2. The van der Waals surface area contributed by atoms with Crippen molar-refractivity contribution in [3.63, 3.8) is 0 Å². The van der Waals surface area contributed by atoms with E-state index in [1.54, 1.807) is 6.07 Å². The van der Waals surface area contributed by atoms with E-state index >= 15 is 0 Å². The van der Waals surface area contributed by atoms with Gasteiger partial charge in [0, 0.05) is 24.2 Å². The van der Waals surface area contributed by atoms with E-state index in [1.165, 1.54) is 16.5 Å². The van der Waals surface area contributed by atoms with E-state index in [0.29, 0.717) is 6.54 Å². The molecule has 3 nitrogen and oxygen atoms in total. The minimum absolute atomic E-state index is 0.121. The molecular weight excluding hydrogens is 333 g/mol. The third-order valence-corrected chi connectivity index (χ3v) is 5.01. The van der Waals surface area contributed by atoms with Crippen LogP contribution in [0.15, 0.2) is 48.5 Å². The maximum Gasteiger partial charge on any atom is 0.177 e. The first kappa shape index (κ1) is 17.8. The van der Waals surface area contributed by atoms with E-state index in [1.807, 2.05) is 18.2 Å². The van der Waals surface area contributed by atoms with Crippen molar-refractivity contribution in [2.45, 2.75) is 26.3 Å². The van der Waals surface area contributed by atoms with E-state index in [2.05, 4.69) is 35.3 Å². The number of aryl methyl sites for hydroxylation is 1. The van der Waals surface area contributed by atoms with Crippen LogP contribution >= 0.6 is 12.2 Å². The van der Waals surface area contributed by atoms with E-state index in [4.69, 9.17) is 12.2 Å². The number of anilines is 1. The third kappa shape index (κ3) is 4.77. The van der Waals surface area contributed by atoms with E-state index in [-0.39, 0.29) is 5.82 Å². The fraction of sp³-hybridized carbons (Fsp3) is 0.350. The van der Waals surface area contributed by atoms with Crippen LogP contribution in [0.1, 0.15) is 24.5 Å². The Morgan fingerprint density at radius 3 is 2.88 bits per heavy atom. The predicted molar refractivity (Wildman–Crippen MR) is 104 cm³/mol. The van der Waals surface area contributed by atoms with Gasteiger partial charge in [0.05, 0.1) is 6.54 Å². The highest BCUT2D eigenvalue weighted by Gasteiger charge is 2.23. The van der Waals surface area contributed by atoms with Gasteiger partial charge in [0.2, 0.25) is 0 Å². The lowest BCUT2D eigenvalue weighted by molar-refractivity contribution is -0.927. The molecule has 3 rings (SSSR count). The highest BCUT2D eigenvalue weighted by atomic mass is 32.1. The van der Waals surface area contributed by atoms with Crippen molar-refractivity contribution < 1.29 is 9.29 Å². The molecule has 2 N–H and O–H groups in total. The van der Waals surface area contributed by atoms with Crippen LogP contribution in [0.3, 0.4) is 0 Å². The molecule has 5 heteroatoms. The van der Waals surface area contributed by atoms with E-state index in [0.717, 1.165) is 49.0 Å². The molecule has 1 aliphatic heterocycles. The maximum absolute atomic E-state index is 13.9. The zero-order chi connectivity index (χ0) is 17.6. The minimum atomic E-state index is -0.121. The summed E-state index contributed by atoms with van der Waals surface area (Å²) in [6.45, 7) is 5.62. The summed E-state index contributed by atoms with van der Waals surface area (Å²) in [5, 5.41) is 4.10. The second-order valence-corrected chi connectivity index (χ2v) is 6.91. The first-order valence-corrected chi connectivity index (χ1v) is 9.28. The molecule has 0 radical (unpaired) electrons. The molecule has 25 heavy (non-hydrogen) atoms. The van der Waals surface area contributed by atoms with Gasteiger partial charge in [-0.25, -0.2) is 4.39 Å². The molecule has 1 saturated heterocycles. The molecule has 1 heterocycles. The standard InChI is InChI=1S/C20H24FN3S/c1-2-16-7-5-9-18(13-16)22-20(25)24-12-6-11-23(15-24)14-17-8-3-4-10-19(17)21/h3-5,7-10,13H,2,6,11-12,14-15H2,1H3,(H,22,25)/p+1. The van der Waals surface area contributed by atoms with Crippen LogP contribution in [-0.2, 0) is 13.0 Å². The smallest absolute Gasteiger partial charge is 0.177 e. The number of halogens is 1. The number of nitrogens with zero attached hydrogens (tertiary/aromatic N) is 1. The van der Waals surface area contributed by atoms with Gasteiger partial charge < -0.3 is 15.1 Å². The molecule has 0 amide bonds. The Hall–Kier alpha value is -1.98. The van der Waals surface area contributed by atoms with Crippen LogP contribution in [0.25, 0.3) is 0 Å². The number of nitrogens with one attached hydrogen (secondary N) is 2. The van der Waals surface area contributed by atoms with Gasteiger partial charge in [0.15, 0.2) is 11.8 Å². The Morgan fingerprint density at radius 2 is 2.08 bits per heavy atom. The summed E-state index contributed by atoms with van der Waals surface area (Å²) in [5.74, 6) is -0.121. The molecule has 0 aromatic heterocycles. The quantitative estimate of drug-likeness (QED) is 0.820. The van der Waals surface area contributed by atoms with Crippen LogP contribution in [0, 0.1) is 5.82 Å². The number of thiocarbonyl (C=S) groups is 1. The lowest BCUT2D eigenvalue weighted by Gasteiger charge is -2.34. The first-order valence-electron chi connectivity index (χ1n) is 8.87. The van der Waals surface area contributed by atoms with Gasteiger partial charge in [-0.2, -0.15) is 0 Å². The molecule has 1 unspecified atom stereocenters. The molecule has 0 bridgehead atoms. The van der Waals surface area contributed by atoms with Crippen molar-refractivity contribution in [3.8, 4) is 0 Å². The summed E-state index contributed by atoms with van der Waals surface area (Å²) < 4.78 is 13.9. The van der Waals surface area contributed by atoms with Gasteiger partial charge in [-0.15, -0.1) is 0 Å². The van der Waals surface area contributed by atoms with Crippen molar-refractivity contribution in [2.24, 2.45) is 0 Å². The Balaban J connectivity index is 1.60. The van der Waals surface area contributed by atoms with Gasteiger partial charge in [-0.3, -0.25) is 0 Å². The summed E-state index contributed by atoms with van der Waals surface area (Å²) in [7, 11) is 0. The topological polar surface area (TPSA) is 19.7 Å². The number of hydrogen-bond acceptors (Lipinski definition) is 1. The molecule has 2 aromatic carbocycles. The molecule has 0 spiro atoms.